The zero-order valence-electron chi connectivity index (χ0n) is 10.2. The van der Waals surface area contributed by atoms with Crippen LogP contribution in [0.15, 0.2) is 18.2 Å². The Kier molecular flexibility index (Phi) is 4.15. The van der Waals surface area contributed by atoms with Gasteiger partial charge in [0, 0.05) is 22.2 Å². The van der Waals surface area contributed by atoms with Gasteiger partial charge < -0.3 is 16.0 Å². The van der Waals surface area contributed by atoms with Gasteiger partial charge in [-0.1, -0.05) is 23.2 Å². The van der Waals surface area contributed by atoms with Crippen molar-refractivity contribution < 1.29 is 14.4 Å². The van der Waals surface area contributed by atoms with Crippen LogP contribution in [0.1, 0.15) is 6.42 Å². The van der Waals surface area contributed by atoms with Crippen LogP contribution in [0.5, 0.6) is 0 Å². The van der Waals surface area contributed by atoms with Gasteiger partial charge in [-0.05, 0) is 18.2 Å². The molecule has 1 heterocycles. The Bertz CT molecular complexity index is 571. The van der Waals surface area contributed by atoms with Crippen LogP contribution in [-0.4, -0.2) is 35.2 Å². The average molecular weight is 316 g/mol. The van der Waals surface area contributed by atoms with Crippen LogP contribution in [-0.2, 0) is 9.59 Å². The average Bonchev–Trinajstić information content (AvgIpc) is 2.70. The minimum Gasteiger partial charge on any atom is -0.368 e. The molecule has 2 rings (SSSR count). The van der Waals surface area contributed by atoms with Crippen molar-refractivity contribution in [1.82, 2.24) is 4.90 Å². The molecule has 0 radical (unpaired) electrons. The van der Waals surface area contributed by atoms with E-state index in [2.05, 4.69) is 5.32 Å². The Morgan fingerprint density at radius 1 is 1.25 bits per heavy atom. The normalized spacial score (nSPS) is 18.2. The maximum atomic E-state index is 12.1. The van der Waals surface area contributed by atoms with Crippen molar-refractivity contribution >= 4 is 46.6 Å². The Morgan fingerprint density at radius 2 is 1.85 bits per heavy atom. The summed E-state index contributed by atoms with van der Waals surface area (Å²) in [6.45, 7) is -0.145. The molecule has 1 aliphatic heterocycles. The number of halogens is 2. The molecule has 20 heavy (non-hydrogen) atoms. The molecule has 0 aliphatic carbocycles. The van der Waals surface area contributed by atoms with Gasteiger partial charge in [-0.2, -0.15) is 0 Å². The summed E-state index contributed by atoms with van der Waals surface area (Å²) in [6, 6.07) is 3.00. The van der Waals surface area contributed by atoms with E-state index in [-0.39, 0.29) is 18.7 Å². The number of primary amides is 1. The number of amides is 3. The van der Waals surface area contributed by atoms with Crippen LogP contribution in [0, 0.1) is 0 Å². The minimum atomic E-state index is -0.919. The first-order valence-electron chi connectivity index (χ1n) is 5.71. The number of likely N-dealkylation sites (tertiary alicyclic amines) is 1. The van der Waals surface area contributed by atoms with Crippen LogP contribution in [0.4, 0.5) is 10.5 Å². The molecule has 3 amide bonds. The number of nitrogens with two attached hydrogens (primary N) is 1. The second-order valence-corrected chi connectivity index (χ2v) is 5.25. The van der Waals surface area contributed by atoms with Gasteiger partial charge in [-0.15, -0.1) is 0 Å². The number of urea groups is 1. The van der Waals surface area contributed by atoms with Gasteiger partial charge in [0.15, 0.2) is 5.78 Å². The number of nitrogens with one attached hydrogen (secondary N) is 1. The summed E-state index contributed by atoms with van der Waals surface area (Å²) >= 11 is 11.6. The van der Waals surface area contributed by atoms with E-state index in [1.54, 1.807) is 0 Å². The highest BCUT2D eigenvalue weighted by Gasteiger charge is 2.37. The molecule has 1 unspecified atom stereocenters. The summed E-state index contributed by atoms with van der Waals surface area (Å²) in [7, 11) is 0. The van der Waals surface area contributed by atoms with Gasteiger partial charge in [0.2, 0.25) is 5.91 Å². The quantitative estimate of drug-likeness (QED) is 0.869. The Balaban J connectivity index is 2.15. The topological polar surface area (TPSA) is 92.5 Å². The molecule has 1 saturated heterocycles. The van der Waals surface area contributed by atoms with E-state index in [1.807, 2.05) is 0 Å². The first-order valence-corrected chi connectivity index (χ1v) is 6.47. The highest BCUT2D eigenvalue weighted by Crippen LogP contribution is 2.23. The monoisotopic (exact) mass is 315 g/mol. The second-order valence-electron chi connectivity index (χ2n) is 4.38. The molecule has 1 aromatic carbocycles. The smallest absolute Gasteiger partial charge is 0.322 e. The van der Waals surface area contributed by atoms with Gasteiger partial charge in [0.05, 0.1) is 6.54 Å². The van der Waals surface area contributed by atoms with Crippen LogP contribution in [0.3, 0.4) is 0 Å². The van der Waals surface area contributed by atoms with Crippen molar-refractivity contribution in [2.24, 2.45) is 5.73 Å². The van der Waals surface area contributed by atoms with Crippen LogP contribution >= 0.6 is 23.2 Å². The van der Waals surface area contributed by atoms with Gasteiger partial charge in [0.1, 0.15) is 6.04 Å². The van der Waals surface area contributed by atoms with Gasteiger partial charge >= 0.3 is 6.03 Å². The number of Topliss-reactive ketones (excluding diaryl/α,β-unsaturated/α-hetero) is 1. The molecule has 0 spiro atoms. The zero-order chi connectivity index (χ0) is 14.9. The lowest BCUT2D eigenvalue weighted by molar-refractivity contribution is -0.122. The van der Waals surface area contributed by atoms with E-state index in [0.717, 1.165) is 4.90 Å². The predicted molar refractivity (Wildman–Crippen MR) is 74.8 cm³/mol. The number of hydrogen-bond donors (Lipinski definition) is 2. The molecule has 1 aromatic rings. The highest BCUT2D eigenvalue weighted by atomic mass is 35.5. The number of nitrogens with zero attached hydrogens (tertiary/aromatic N) is 1. The van der Waals surface area contributed by atoms with Crippen molar-refractivity contribution in [3.63, 3.8) is 0 Å². The van der Waals surface area contributed by atoms with Gasteiger partial charge in [0.25, 0.3) is 0 Å². The number of carbonyl (C=O) groups is 3. The van der Waals surface area contributed by atoms with E-state index in [1.165, 1.54) is 18.2 Å². The second kappa shape index (κ2) is 5.68. The molecule has 1 aliphatic rings. The zero-order valence-corrected chi connectivity index (χ0v) is 11.7. The number of benzene rings is 1. The third kappa shape index (κ3) is 3.20. The molecule has 1 fully saturated rings. The maximum absolute atomic E-state index is 12.1. The summed E-state index contributed by atoms with van der Waals surface area (Å²) in [5.41, 5.74) is 5.55. The summed E-state index contributed by atoms with van der Waals surface area (Å²) < 4.78 is 0. The number of anilines is 1. The fourth-order valence-electron chi connectivity index (χ4n) is 1.98. The molecule has 1 atom stereocenters. The standard InChI is InChI=1S/C12H11Cl2N3O3/c13-6-1-7(14)3-8(2-6)16-12(20)17-5-9(18)4-10(17)11(15)19/h1-3,10H,4-5H2,(H2,15,19)(H,16,20). The van der Waals surface area contributed by atoms with Gasteiger partial charge in [-0.25, -0.2) is 4.79 Å². The van der Waals surface area contributed by atoms with Crippen molar-refractivity contribution in [3.8, 4) is 0 Å². The first kappa shape index (κ1) is 14.6. The fraction of sp³-hybridized carbons (Fsp3) is 0.250. The molecule has 0 bridgehead atoms. The number of rotatable bonds is 2. The highest BCUT2D eigenvalue weighted by molar-refractivity contribution is 6.35. The van der Waals surface area contributed by atoms with E-state index in [0.29, 0.717) is 15.7 Å². The van der Waals surface area contributed by atoms with E-state index >= 15 is 0 Å². The largest absolute Gasteiger partial charge is 0.368 e. The van der Waals surface area contributed by atoms with Crippen molar-refractivity contribution in [1.29, 1.82) is 0 Å². The Morgan fingerprint density at radius 3 is 2.40 bits per heavy atom. The maximum Gasteiger partial charge on any atom is 0.322 e. The van der Waals surface area contributed by atoms with Crippen LogP contribution < -0.4 is 11.1 Å². The van der Waals surface area contributed by atoms with Crippen molar-refractivity contribution in [2.75, 3.05) is 11.9 Å². The SMILES string of the molecule is NC(=O)C1CC(=O)CN1C(=O)Nc1cc(Cl)cc(Cl)c1. The van der Waals surface area contributed by atoms with Gasteiger partial charge in [-0.3, -0.25) is 9.59 Å². The first-order chi connectivity index (χ1) is 9.36. The lowest BCUT2D eigenvalue weighted by Crippen LogP contribution is -2.45. The molecule has 106 valence electrons. The minimum absolute atomic E-state index is 0.0565. The number of hydrogen-bond acceptors (Lipinski definition) is 3. The van der Waals surface area contributed by atoms with E-state index in [9.17, 15) is 14.4 Å². The van der Waals surface area contributed by atoms with E-state index < -0.39 is 18.0 Å². The summed E-state index contributed by atoms with van der Waals surface area (Å²) in [4.78, 5) is 35.8. The van der Waals surface area contributed by atoms with Crippen molar-refractivity contribution in [2.45, 2.75) is 12.5 Å². The molecule has 0 saturated carbocycles. The molecular formula is C12H11Cl2N3O3. The number of carbonyl (C=O) groups excluding carboxylic acids is 3. The molecule has 0 aromatic heterocycles. The predicted octanol–water partition coefficient (Wildman–Crippen LogP) is 1.65. The molecule has 8 heteroatoms. The summed E-state index contributed by atoms with van der Waals surface area (Å²) in [6.07, 6.45) is -0.0565. The molecule has 6 nitrogen and oxygen atoms in total. The van der Waals surface area contributed by atoms with Crippen LogP contribution in [0.25, 0.3) is 0 Å². The summed E-state index contributed by atoms with van der Waals surface area (Å²) in [5.74, 6) is -0.928. The Labute approximate surface area is 124 Å². The number of ketones is 1. The third-order valence-corrected chi connectivity index (χ3v) is 3.28. The third-order valence-electron chi connectivity index (χ3n) is 2.85. The Hall–Kier alpha value is -1.79. The van der Waals surface area contributed by atoms with Crippen molar-refractivity contribution in [3.05, 3.63) is 28.2 Å². The molecular weight excluding hydrogens is 305 g/mol. The lowest BCUT2D eigenvalue weighted by atomic mass is 10.2. The lowest BCUT2D eigenvalue weighted by Gasteiger charge is -2.21. The molecule has 3 N–H and O–H groups in total. The van der Waals surface area contributed by atoms with E-state index in [4.69, 9.17) is 28.9 Å². The van der Waals surface area contributed by atoms with Crippen LogP contribution in [0.2, 0.25) is 10.0 Å². The fourth-order valence-corrected chi connectivity index (χ4v) is 2.51. The summed E-state index contributed by atoms with van der Waals surface area (Å²) in [5, 5.41) is 3.25.